The summed E-state index contributed by atoms with van der Waals surface area (Å²) in [4.78, 5) is 11.3. The number of halogens is 1. The normalized spacial score (nSPS) is 10.5. The molecule has 0 unspecified atom stereocenters. The quantitative estimate of drug-likeness (QED) is 0.798. The van der Waals surface area contributed by atoms with E-state index < -0.39 is 5.97 Å². The summed E-state index contributed by atoms with van der Waals surface area (Å²) in [6, 6.07) is 14.5. The van der Waals surface area contributed by atoms with Crippen LogP contribution < -0.4 is 0 Å². The molecule has 1 N–H and O–H groups in total. The molecule has 0 spiro atoms. The van der Waals surface area contributed by atoms with Crippen LogP contribution in [0, 0.1) is 0 Å². The molecule has 3 rings (SSSR count). The van der Waals surface area contributed by atoms with Gasteiger partial charge in [-0.05, 0) is 23.8 Å². The van der Waals surface area contributed by atoms with E-state index in [0.717, 1.165) is 11.1 Å². The Balaban J connectivity index is 2.07. The monoisotopic (exact) mass is 298 g/mol. The molecular formula is C16H11ClN2O2. The minimum atomic E-state index is -1.04. The number of carboxylic acid groups (broad SMARTS) is 1. The zero-order chi connectivity index (χ0) is 14.8. The van der Waals surface area contributed by atoms with E-state index in [9.17, 15) is 9.90 Å². The van der Waals surface area contributed by atoms with E-state index >= 15 is 0 Å². The molecule has 21 heavy (non-hydrogen) atoms. The third-order valence-electron chi connectivity index (χ3n) is 3.13. The van der Waals surface area contributed by atoms with E-state index in [1.807, 2.05) is 30.3 Å². The summed E-state index contributed by atoms with van der Waals surface area (Å²) >= 11 is 5.86. The second-order valence-corrected chi connectivity index (χ2v) is 4.94. The highest BCUT2D eigenvalue weighted by Crippen LogP contribution is 2.23. The molecular weight excluding hydrogens is 288 g/mol. The van der Waals surface area contributed by atoms with Crippen molar-refractivity contribution in [2.45, 2.75) is 0 Å². The van der Waals surface area contributed by atoms with Crippen LogP contribution in [0.25, 0.3) is 16.8 Å². The van der Waals surface area contributed by atoms with Gasteiger partial charge in [0.1, 0.15) is 0 Å². The lowest BCUT2D eigenvalue weighted by molar-refractivity contribution is 0.0696. The third kappa shape index (κ3) is 2.66. The first kappa shape index (κ1) is 13.4. The summed E-state index contributed by atoms with van der Waals surface area (Å²) in [5, 5.41) is 13.9. The van der Waals surface area contributed by atoms with Gasteiger partial charge in [-0.15, -0.1) is 0 Å². The van der Waals surface area contributed by atoms with Gasteiger partial charge in [0, 0.05) is 16.8 Å². The molecule has 5 heteroatoms. The summed E-state index contributed by atoms with van der Waals surface area (Å²) in [6.07, 6.45) is 3.50. The van der Waals surface area contributed by atoms with Crippen LogP contribution in [-0.4, -0.2) is 20.9 Å². The molecule has 0 saturated carbocycles. The molecule has 0 saturated heterocycles. The van der Waals surface area contributed by atoms with Crippen molar-refractivity contribution in [2.24, 2.45) is 0 Å². The van der Waals surface area contributed by atoms with Crippen LogP contribution in [0.2, 0.25) is 5.02 Å². The zero-order valence-electron chi connectivity index (χ0n) is 10.9. The molecule has 0 radical (unpaired) electrons. The smallest absolute Gasteiger partial charge is 0.337 e. The van der Waals surface area contributed by atoms with E-state index in [4.69, 9.17) is 11.6 Å². The fraction of sp³-hybridized carbons (Fsp3) is 0. The van der Waals surface area contributed by atoms with E-state index in [1.165, 1.54) is 6.07 Å². The Morgan fingerprint density at radius 2 is 1.86 bits per heavy atom. The van der Waals surface area contributed by atoms with Gasteiger partial charge in [-0.1, -0.05) is 41.9 Å². The topological polar surface area (TPSA) is 55.1 Å². The van der Waals surface area contributed by atoms with Crippen molar-refractivity contribution < 1.29 is 9.90 Å². The number of rotatable bonds is 3. The Hall–Kier alpha value is -2.59. The largest absolute Gasteiger partial charge is 0.478 e. The molecule has 0 atom stereocenters. The lowest BCUT2D eigenvalue weighted by atomic mass is 10.1. The summed E-state index contributed by atoms with van der Waals surface area (Å²) in [5.41, 5.74) is 2.54. The summed E-state index contributed by atoms with van der Waals surface area (Å²) in [6.45, 7) is 0. The fourth-order valence-electron chi connectivity index (χ4n) is 2.11. The number of hydrogen-bond donors (Lipinski definition) is 1. The molecule has 4 nitrogen and oxygen atoms in total. The number of hydrogen-bond acceptors (Lipinski definition) is 2. The highest BCUT2D eigenvalue weighted by Gasteiger charge is 2.13. The minimum absolute atomic E-state index is 0.116. The standard InChI is InChI=1S/C16H11ClN2O2/c17-13-6-7-15(14(8-13)16(20)21)19-10-12(9-18-19)11-4-2-1-3-5-11/h1-10H,(H,20,21). The van der Waals surface area contributed by atoms with Crippen LogP contribution in [0.15, 0.2) is 60.9 Å². The van der Waals surface area contributed by atoms with Gasteiger partial charge in [-0.3, -0.25) is 0 Å². The highest BCUT2D eigenvalue weighted by atomic mass is 35.5. The number of benzene rings is 2. The first-order valence-corrected chi connectivity index (χ1v) is 6.66. The number of carbonyl (C=O) groups is 1. The lowest BCUT2D eigenvalue weighted by Gasteiger charge is -2.06. The minimum Gasteiger partial charge on any atom is -0.478 e. The highest BCUT2D eigenvalue weighted by molar-refractivity contribution is 6.31. The van der Waals surface area contributed by atoms with Crippen LogP contribution in [0.4, 0.5) is 0 Å². The van der Waals surface area contributed by atoms with Gasteiger partial charge < -0.3 is 5.11 Å². The van der Waals surface area contributed by atoms with Crippen molar-refractivity contribution in [3.63, 3.8) is 0 Å². The molecule has 0 bridgehead atoms. The number of carboxylic acids is 1. The average molecular weight is 299 g/mol. The molecule has 0 aliphatic carbocycles. The molecule has 1 heterocycles. The van der Waals surface area contributed by atoms with Crippen molar-refractivity contribution >= 4 is 17.6 Å². The van der Waals surface area contributed by atoms with Gasteiger partial charge in [0.05, 0.1) is 17.4 Å². The molecule has 0 aliphatic heterocycles. The van der Waals surface area contributed by atoms with E-state index in [2.05, 4.69) is 5.10 Å². The van der Waals surface area contributed by atoms with Gasteiger partial charge in [-0.2, -0.15) is 5.10 Å². The Kier molecular flexibility index (Phi) is 3.46. The first-order valence-electron chi connectivity index (χ1n) is 6.28. The van der Waals surface area contributed by atoms with Crippen molar-refractivity contribution in [2.75, 3.05) is 0 Å². The fourth-order valence-corrected chi connectivity index (χ4v) is 2.29. The Bertz CT molecular complexity index is 797. The van der Waals surface area contributed by atoms with Crippen LogP contribution in [0.5, 0.6) is 0 Å². The predicted molar refractivity (Wildman–Crippen MR) is 81.0 cm³/mol. The molecule has 0 amide bonds. The molecule has 1 aromatic heterocycles. The zero-order valence-corrected chi connectivity index (χ0v) is 11.7. The van der Waals surface area contributed by atoms with Gasteiger partial charge >= 0.3 is 5.97 Å². The first-order chi connectivity index (χ1) is 10.1. The molecule has 0 aliphatic rings. The predicted octanol–water partition coefficient (Wildman–Crippen LogP) is 3.89. The van der Waals surface area contributed by atoms with Crippen molar-refractivity contribution in [3.05, 3.63) is 71.5 Å². The maximum atomic E-state index is 11.3. The third-order valence-corrected chi connectivity index (χ3v) is 3.36. The molecule has 2 aromatic carbocycles. The molecule has 0 fully saturated rings. The van der Waals surface area contributed by atoms with Crippen molar-refractivity contribution in [1.29, 1.82) is 0 Å². The van der Waals surface area contributed by atoms with Crippen LogP contribution in [-0.2, 0) is 0 Å². The summed E-state index contributed by atoms with van der Waals surface area (Å²) in [7, 11) is 0. The SMILES string of the molecule is O=C(O)c1cc(Cl)ccc1-n1cc(-c2ccccc2)cn1. The summed E-state index contributed by atoms with van der Waals surface area (Å²) in [5.74, 6) is -1.04. The number of aromatic nitrogens is 2. The number of aromatic carboxylic acids is 1. The average Bonchev–Trinajstić information content (AvgIpc) is 2.97. The Morgan fingerprint density at radius 3 is 2.57 bits per heavy atom. The van der Waals surface area contributed by atoms with Crippen LogP contribution in [0.3, 0.4) is 0 Å². The molecule has 104 valence electrons. The van der Waals surface area contributed by atoms with Gasteiger partial charge in [0.15, 0.2) is 0 Å². The van der Waals surface area contributed by atoms with Crippen molar-refractivity contribution in [1.82, 2.24) is 9.78 Å². The van der Waals surface area contributed by atoms with Crippen LogP contribution in [0.1, 0.15) is 10.4 Å². The lowest BCUT2D eigenvalue weighted by Crippen LogP contribution is -2.05. The van der Waals surface area contributed by atoms with E-state index in [-0.39, 0.29) is 5.56 Å². The van der Waals surface area contributed by atoms with Gasteiger partial charge in [0.2, 0.25) is 0 Å². The second kappa shape index (κ2) is 5.42. The summed E-state index contributed by atoms with van der Waals surface area (Å²) < 4.78 is 1.54. The van der Waals surface area contributed by atoms with Crippen molar-refractivity contribution in [3.8, 4) is 16.8 Å². The van der Waals surface area contributed by atoms with E-state index in [1.54, 1.807) is 29.2 Å². The van der Waals surface area contributed by atoms with Gasteiger partial charge in [0.25, 0.3) is 0 Å². The van der Waals surface area contributed by atoms with Crippen LogP contribution >= 0.6 is 11.6 Å². The maximum absolute atomic E-state index is 11.3. The van der Waals surface area contributed by atoms with E-state index in [0.29, 0.717) is 10.7 Å². The Morgan fingerprint density at radius 1 is 1.10 bits per heavy atom. The second-order valence-electron chi connectivity index (χ2n) is 4.51. The number of nitrogens with zero attached hydrogens (tertiary/aromatic N) is 2. The maximum Gasteiger partial charge on any atom is 0.337 e. The van der Waals surface area contributed by atoms with Gasteiger partial charge in [-0.25, -0.2) is 9.48 Å². The molecule has 3 aromatic rings. The Labute approximate surface area is 126 Å².